The molecule has 20 heavy (non-hydrogen) atoms. The third-order valence-corrected chi connectivity index (χ3v) is 4.08. The summed E-state index contributed by atoms with van der Waals surface area (Å²) in [5.41, 5.74) is 0. The van der Waals surface area contributed by atoms with Gasteiger partial charge in [0.15, 0.2) is 9.84 Å². The number of carboxylic acids is 1. The zero-order valence-corrected chi connectivity index (χ0v) is 11.9. The van der Waals surface area contributed by atoms with Crippen molar-refractivity contribution < 1.29 is 18.3 Å². The van der Waals surface area contributed by atoms with Crippen LogP contribution in [-0.4, -0.2) is 19.5 Å². The van der Waals surface area contributed by atoms with Crippen molar-refractivity contribution in [1.29, 1.82) is 0 Å². The largest absolute Gasteiger partial charge is 0.478 e. The fraction of sp³-hybridized carbons (Fsp3) is 0.267. The molecule has 0 aliphatic heterocycles. The van der Waals surface area contributed by atoms with Gasteiger partial charge in [-0.05, 0) is 37.8 Å². The Morgan fingerprint density at radius 2 is 1.65 bits per heavy atom. The van der Waals surface area contributed by atoms with E-state index in [0.29, 0.717) is 17.7 Å². The van der Waals surface area contributed by atoms with Crippen molar-refractivity contribution in [1.82, 2.24) is 0 Å². The summed E-state index contributed by atoms with van der Waals surface area (Å²) in [5, 5.41) is 9.62. The number of aliphatic carboxylic acids is 1. The first kappa shape index (κ1) is 16.2. The minimum atomic E-state index is -3.34. The molecule has 1 aromatic carbocycles. The van der Waals surface area contributed by atoms with Crippen molar-refractivity contribution in [2.24, 2.45) is 0 Å². The van der Waals surface area contributed by atoms with E-state index in [1.807, 2.05) is 0 Å². The summed E-state index contributed by atoms with van der Waals surface area (Å²) in [5.74, 6) is -0.946. The van der Waals surface area contributed by atoms with E-state index in [2.05, 4.69) is 0 Å². The zero-order valence-electron chi connectivity index (χ0n) is 11.1. The molecule has 0 fully saturated rings. The van der Waals surface area contributed by atoms with Gasteiger partial charge in [-0.2, -0.15) is 0 Å². The molecule has 1 N–H and O–H groups in total. The van der Waals surface area contributed by atoms with Crippen molar-refractivity contribution in [3.63, 3.8) is 0 Å². The van der Waals surface area contributed by atoms with E-state index < -0.39 is 15.8 Å². The van der Waals surface area contributed by atoms with Crippen LogP contribution in [0.3, 0.4) is 0 Å². The smallest absolute Gasteiger partial charge is 0.327 e. The lowest BCUT2D eigenvalue weighted by molar-refractivity contribution is -0.131. The number of hydrogen-bond donors (Lipinski definition) is 1. The van der Waals surface area contributed by atoms with Gasteiger partial charge in [-0.3, -0.25) is 0 Å². The summed E-state index contributed by atoms with van der Waals surface area (Å²) in [4.78, 5) is 10.5. The number of carboxylic acid groups (broad SMARTS) is 1. The van der Waals surface area contributed by atoms with Crippen LogP contribution in [0.1, 0.15) is 25.7 Å². The normalized spacial score (nSPS) is 12.2. The topological polar surface area (TPSA) is 71.4 Å². The highest BCUT2D eigenvalue weighted by Crippen LogP contribution is 2.12. The summed E-state index contributed by atoms with van der Waals surface area (Å²) >= 11 is 0. The lowest BCUT2D eigenvalue weighted by Crippen LogP contribution is -1.95. The maximum Gasteiger partial charge on any atom is 0.327 e. The molecule has 0 amide bonds. The number of allylic oxidation sites excluding steroid dienone is 2. The molecule has 0 saturated heterocycles. The first-order chi connectivity index (χ1) is 9.52. The Bertz CT molecular complexity index is 571. The highest BCUT2D eigenvalue weighted by Gasteiger charge is 2.07. The summed E-state index contributed by atoms with van der Waals surface area (Å²) in [6, 6.07) is 8.28. The summed E-state index contributed by atoms with van der Waals surface area (Å²) in [6.07, 6.45) is 7.37. The second-order valence-corrected chi connectivity index (χ2v) is 6.09. The van der Waals surface area contributed by atoms with Crippen LogP contribution in [0.4, 0.5) is 0 Å². The van der Waals surface area contributed by atoms with Crippen LogP contribution >= 0.6 is 0 Å². The first-order valence-electron chi connectivity index (χ1n) is 6.38. The van der Waals surface area contributed by atoms with Gasteiger partial charge in [0.25, 0.3) is 0 Å². The zero-order chi connectivity index (χ0) is 14.8. The van der Waals surface area contributed by atoms with E-state index in [1.165, 1.54) is 5.41 Å². The van der Waals surface area contributed by atoms with E-state index in [1.54, 1.807) is 42.5 Å². The predicted octanol–water partition coefficient (Wildman–Crippen LogP) is 3.18. The standard InChI is InChI=1S/C15H18O4S/c16-15(17)12-8-3-1-2-4-9-13-20(18,19)14-10-6-5-7-11-14/h5-13H,1-4H2,(H,16,17)/b12-8+,13-9+. The SMILES string of the molecule is O=C(O)/C=C/CCCC/C=C/S(=O)(=O)c1ccccc1. The Kier molecular flexibility index (Phi) is 6.73. The van der Waals surface area contributed by atoms with Crippen molar-refractivity contribution in [3.05, 3.63) is 54.0 Å². The molecule has 0 spiro atoms. The Hall–Kier alpha value is -1.88. The molecular formula is C15H18O4S. The van der Waals surface area contributed by atoms with Crippen molar-refractivity contribution >= 4 is 15.8 Å². The maximum atomic E-state index is 11.9. The van der Waals surface area contributed by atoms with Crippen LogP contribution in [0, 0.1) is 0 Å². The highest BCUT2D eigenvalue weighted by atomic mass is 32.2. The molecule has 0 saturated carbocycles. The fourth-order valence-electron chi connectivity index (χ4n) is 1.59. The molecule has 0 aliphatic rings. The molecular weight excluding hydrogens is 276 g/mol. The van der Waals surface area contributed by atoms with Crippen LogP contribution in [0.2, 0.25) is 0 Å². The Labute approximate surface area is 119 Å². The van der Waals surface area contributed by atoms with E-state index in [9.17, 15) is 13.2 Å². The van der Waals surface area contributed by atoms with Gasteiger partial charge < -0.3 is 5.11 Å². The highest BCUT2D eigenvalue weighted by molar-refractivity contribution is 7.94. The van der Waals surface area contributed by atoms with E-state index in [4.69, 9.17) is 5.11 Å². The first-order valence-corrected chi connectivity index (χ1v) is 7.93. The molecule has 0 aromatic heterocycles. The number of hydrogen-bond acceptors (Lipinski definition) is 3. The van der Waals surface area contributed by atoms with Gasteiger partial charge in [0.05, 0.1) is 4.90 Å². The Morgan fingerprint density at radius 1 is 1.05 bits per heavy atom. The van der Waals surface area contributed by atoms with E-state index in [0.717, 1.165) is 18.9 Å². The fourth-order valence-corrected chi connectivity index (χ4v) is 2.68. The molecule has 0 heterocycles. The number of unbranched alkanes of at least 4 members (excludes halogenated alkanes) is 3. The molecule has 108 valence electrons. The lowest BCUT2D eigenvalue weighted by atomic mass is 10.2. The molecule has 0 atom stereocenters. The molecule has 0 bridgehead atoms. The molecule has 5 heteroatoms. The monoisotopic (exact) mass is 294 g/mol. The lowest BCUT2D eigenvalue weighted by Gasteiger charge is -1.98. The summed E-state index contributed by atoms with van der Waals surface area (Å²) in [7, 11) is -3.34. The number of carbonyl (C=O) groups is 1. The number of rotatable bonds is 8. The third-order valence-electron chi connectivity index (χ3n) is 2.60. The minimum absolute atomic E-state index is 0.292. The number of sulfone groups is 1. The van der Waals surface area contributed by atoms with Crippen molar-refractivity contribution in [2.45, 2.75) is 30.6 Å². The van der Waals surface area contributed by atoms with Gasteiger partial charge in [-0.15, -0.1) is 0 Å². The molecule has 0 unspecified atom stereocenters. The van der Waals surface area contributed by atoms with Crippen LogP contribution in [0.15, 0.2) is 58.9 Å². The van der Waals surface area contributed by atoms with Gasteiger partial charge in [0.1, 0.15) is 0 Å². The Balaban J connectivity index is 2.33. The average Bonchev–Trinajstić information content (AvgIpc) is 2.42. The maximum absolute atomic E-state index is 11.9. The predicted molar refractivity (Wildman–Crippen MR) is 78.0 cm³/mol. The second kappa shape index (κ2) is 8.32. The quantitative estimate of drug-likeness (QED) is 0.590. The van der Waals surface area contributed by atoms with E-state index >= 15 is 0 Å². The van der Waals surface area contributed by atoms with Crippen LogP contribution in [-0.2, 0) is 14.6 Å². The average molecular weight is 294 g/mol. The molecule has 0 radical (unpaired) electrons. The minimum Gasteiger partial charge on any atom is -0.478 e. The van der Waals surface area contributed by atoms with Crippen LogP contribution < -0.4 is 0 Å². The van der Waals surface area contributed by atoms with Gasteiger partial charge >= 0.3 is 5.97 Å². The van der Waals surface area contributed by atoms with Gasteiger partial charge in [0, 0.05) is 11.5 Å². The number of benzene rings is 1. The van der Waals surface area contributed by atoms with Crippen molar-refractivity contribution in [3.8, 4) is 0 Å². The van der Waals surface area contributed by atoms with Crippen molar-refractivity contribution in [2.75, 3.05) is 0 Å². The Morgan fingerprint density at radius 3 is 2.25 bits per heavy atom. The third kappa shape index (κ3) is 6.33. The van der Waals surface area contributed by atoms with Gasteiger partial charge in [-0.25, -0.2) is 13.2 Å². The van der Waals surface area contributed by atoms with Gasteiger partial charge in [0.2, 0.25) is 0 Å². The molecule has 1 rings (SSSR count). The molecule has 4 nitrogen and oxygen atoms in total. The summed E-state index contributed by atoms with van der Waals surface area (Å²) < 4.78 is 23.8. The van der Waals surface area contributed by atoms with Gasteiger partial charge in [-0.1, -0.05) is 30.4 Å². The van der Waals surface area contributed by atoms with Crippen LogP contribution in [0.25, 0.3) is 0 Å². The second-order valence-electron chi connectivity index (χ2n) is 4.25. The molecule has 0 aliphatic carbocycles. The van der Waals surface area contributed by atoms with Crippen LogP contribution in [0.5, 0.6) is 0 Å². The molecule has 1 aromatic rings. The van der Waals surface area contributed by atoms with E-state index in [-0.39, 0.29) is 0 Å². The summed E-state index contributed by atoms with van der Waals surface area (Å²) in [6.45, 7) is 0.